The van der Waals surface area contributed by atoms with E-state index in [9.17, 15) is 0 Å². The Morgan fingerprint density at radius 2 is 2.10 bits per heavy atom. The summed E-state index contributed by atoms with van der Waals surface area (Å²) < 4.78 is 7.09. The Bertz CT molecular complexity index is 661. The molecule has 0 saturated carbocycles. The minimum atomic E-state index is 0.0129. The Labute approximate surface area is 123 Å². The van der Waals surface area contributed by atoms with E-state index in [-0.39, 0.29) is 6.04 Å². The second kappa shape index (κ2) is 6.37. The van der Waals surface area contributed by atoms with Crippen LogP contribution in [-0.2, 0) is 0 Å². The van der Waals surface area contributed by atoms with E-state index in [1.54, 1.807) is 18.7 Å². The van der Waals surface area contributed by atoms with E-state index in [4.69, 9.17) is 4.42 Å². The number of hydrogen-bond donors (Lipinski definition) is 1. The maximum atomic E-state index is 5.23. The number of aromatic nitrogens is 3. The fourth-order valence-corrected chi connectivity index (χ4v) is 2.33. The Kier molecular flexibility index (Phi) is 4.12. The SMILES string of the molecule is CCCNC(c1ccoc1)c1cnnn1-c1ccccc1. The fourth-order valence-electron chi connectivity index (χ4n) is 2.33. The van der Waals surface area contributed by atoms with Crippen LogP contribution in [0.2, 0.25) is 0 Å². The quantitative estimate of drug-likeness (QED) is 0.755. The third kappa shape index (κ3) is 2.87. The first-order chi connectivity index (χ1) is 10.4. The molecule has 0 aliphatic rings. The van der Waals surface area contributed by atoms with Gasteiger partial charge in [0.1, 0.15) is 0 Å². The molecule has 5 heteroatoms. The van der Waals surface area contributed by atoms with Crippen LogP contribution in [0.5, 0.6) is 0 Å². The van der Waals surface area contributed by atoms with E-state index >= 15 is 0 Å². The molecule has 0 aliphatic carbocycles. The van der Waals surface area contributed by atoms with E-state index in [1.165, 1.54) is 0 Å². The van der Waals surface area contributed by atoms with Crippen LogP contribution in [0, 0.1) is 0 Å². The van der Waals surface area contributed by atoms with Gasteiger partial charge in [-0.25, -0.2) is 4.68 Å². The summed E-state index contributed by atoms with van der Waals surface area (Å²) in [7, 11) is 0. The van der Waals surface area contributed by atoms with Gasteiger partial charge in [0.2, 0.25) is 0 Å². The average molecular weight is 282 g/mol. The highest BCUT2D eigenvalue weighted by molar-refractivity contribution is 5.34. The molecule has 0 amide bonds. The van der Waals surface area contributed by atoms with Crippen molar-refractivity contribution in [1.82, 2.24) is 20.3 Å². The van der Waals surface area contributed by atoms with Crippen molar-refractivity contribution < 1.29 is 4.42 Å². The lowest BCUT2D eigenvalue weighted by Gasteiger charge is -2.18. The van der Waals surface area contributed by atoms with Crippen LogP contribution in [0.25, 0.3) is 5.69 Å². The second-order valence-corrected chi connectivity index (χ2v) is 4.85. The van der Waals surface area contributed by atoms with Gasteiger partial charge in [-0.3, -0.25) is 0 Å². The van der Waals surface area contributed by atoms with Crippen LogP contribution in [0.4, 0.5) is 0 Å². The smallest absolute Gasteiger partial charge is 0.0954 e. The molecule has 3 aromatic rings. The summed E-state index contributed by atoms with van der Waals surface area (Å²) in [5.41, 5.74) is 3.07. The maximum Gasteiger partial charge on any atom is 0.0954 e. The number of para-hydroxylation sites is 1. The summed E-state index contributed by atoms with van der Waals surface area (Å²) >= 11 is 0. The van der Waals surface area contributed by atoms with Gasteiger partial charge in [0.15, 0.2) is 0 Å². The zero-order valence-electron chi connectivity index (χ0n) is 11.9. The number of nitrogens with zero attached hydrogens (tertiary/aromatic N) is 3. The average Bonchev–Trinajstić information content (AvgIpc) is 3.20. The predicted octanol–water partition coefficient (Wildman–Crippen LogP) is 2.95. The maximum absolute atomic E-state index is 5.23. The first-order valence-corrected chi connectivity index (χ1v) is 7.11. The van der Waals surface area contributed by atoms with Gasteiger partial charge in [-0.05, 0) is 31.2 Å². The lowest BCUT2D eigenvalue weighted by atomic mass is 10.1. The number of benzene rings is 1. The monoisotopic (exact) mass is 282 g/mol. The topological polar surface area (TPSA) is 55.9 Å². The minimum Gasteiger partial charge on any atom is -0.472 e. The van der Waals surface area contributed by atoms with E-state index in [1.807, 2.05) is 41.1 Å². The second-order valence-electron chi connectivity index (χ2n) is 4.85. The molecule has 1 atom stereocenters. The van der Waals surface area contributed by atoms with Crippen molar-refractivity contribution in [2.24, 2.45) is 0 Å². The van der Waals surface area contributed by atoms with Crippen LogP contribution < -0.4 is 5.32 Å². The molecule has 0 spiro atoms. The molecule has 108 valence electrons. The van der Waals surface area contributed by atoms with Gasteiger partial charge in [-0.15, -0.1) is 5.10 Å². The van der Waals surface area contributed by atoms with E-state index in [2.05, 4.69) is 22.6 Å². The van der Waals surface area contributed by atoms with Gasteiger partial charge in [-0.2, -0.15) is 0 Å². The summed E-state index contributed by atoms with van der Waals surface area (Å²) in [6.07, 6.45) is 6.30. The summed E-state index contributed by atoms with van der Waals surface area (Å²) in [5, 5.41) is 11.8. The number of nitrogens with one attached hydrogen (secondary N) is 1. The minimum absolute atomic E-state index is 0.0129. The van der Waals surface area contributed by atoms with Gasteiger partial charge in [0, 0.05) is 5.56 Å². The van der Waals surface area contributed by atoms with Crippen LogP contribution in [0.15, 0.2) is 59.5 Å². The standard InChI is InChI=1S/C16H18N4O/c1-2-9-17-16(13-8-10-21-12-13)15-11-18-19-20(15)14-6-4-3-5-7-14/h3-8,10-12,16-17H,2,9H2,1H3. The summed E-state index contributed by atoms with van der Waals surface area (Å²) in [4.78, 5) is 0. The van der Waals surface area contributed by atoms with Crippen molar-refractivity contribution >= 4 is 0 Å². The molecular weight excluding hydrogens is 264 g/mol. The zero-order chi connectivity index (χ0) is 14.5. The Morgan fingerprint density at radius 1 is 1.24 bits per heavy atom. The highest BCUT2D eigenvalue weighted by Gasteiger charge is 2.20. The number of rotatable bonds is 6. The van der Waals surface area contributed by atoms with Crippen LogP contribution in [0.3, 0.4) is 0 Å². The van der Waals surface area contributed by atoms with Gasteiger partial charge < -0.3 is 9.73 Å². The molecule has 0 bridgehead atoms. The van der Waals surface area contributed by atoms with Crippen LogP contribution >= 0.6 is 0 Å². The van der Waals surface area contributed by atoms with Crippen molar-refractivity contribution in [3.05, 3.63) is 66.4 Å². The first kappa shape index (κ1) is 13.6. The van der Waals surface area contributed by atoms with Crippen molar-refractivity contribution in [2.75, 3.05) is 6.54 Å². The third-order valence-corrected chi connectivity index (χ3v) is 3.35. The van der Waals surface area contributed by atoms with Gasteiger partial charge in [-0.1, -0.05) is 30.3 Å². The molecule has 1 unspecified atom stereocenters. The molecule has 5 nitrogen and oxygen atoms in total. The van der Waals surface area contributed by atoms with Gasteiger partial charge in [0.05, 0.1) is 36.1 Å². The van der Waals surface area contributed by atoms with Crippen molar-refractivity contribution in [3.63, 3.8) is 0 Å². The molecule has 0 aliphatic heterocycles. The zero-order valence-corrected chi connectivity index (χ0v) is 11.9. The fraction of sp³-hybridized carbons (Fsp3) is 0.250. The lowest BCUT2D eigenvalue weighted by molar-refractivity contribution is 0.538. The normalized spacial score (nSPS) is 12.4. The molecular formula is C16H18N4O. The number of hydrogen-bond acceptors (Lipinski definition) is 4. The van der Waals surface area contributed by atoms with E-state index in [0.29, 0.717) is 0 Å². The third-order valence-electron chi connectivity index (χ3n) is 3.35. The number of furan rings is 1. The highest BCUT2D eigenvalue weighted by Crippen LogP contribution is 2.23. The van der Waals surface area contributed by atoms with E-state index < -0.39 is 0 Å². The van der Waals surface area contributed by atoms with Crippen molar-refractivity contribution in [2.45, 2.75) is 19.4 Å². The Morgan fingerprint density at radius 3 is 2.81 bits per heavy atom. The van der Waals surface area contributed by atoms with Crippen molar-refractivity contribution in [1.29, 1.82) is 0 Å². The van der Waals surface area contributed by atoms with E-state index in [0.717, 1.165) is 29.9 Å². The van der Waals surface area contributed by atoms with Crippen LogP contribution in [-0.4, -0.2) is 21.5 Å². The molecule has 3 rings (SSSR count). The van der Waals surface area contributed by atoms with Gasteiger partial charge >= 0.3 is 0 Å². The molecule has 0 fully saturated rings. The largest absolute Gasteiger partial charge is 0.472 e. The molecule has 1 N–H and O–H groups in total. The Balaban J connectivity index is 1.99. The van der Waals surface area contributed by atoms with Crippen molar-refractivity contribution in [3.8, 4) is 5.69 Å². The molecule has 2 heterocycles. The predicted molar refractivity (Wildman–Crippen MR) is 80.2 cm³/mol. The van der Waals surface area contributed by atoms with Gasteiger partial charge in [0.25, 0.3) is 0 Å². The summed E-state index contributed by atoms with van der Waals surface area (Å²) in [6.45, 7) is 3.06. The summed E-state index contributed by atoms with van der Waals surface area (Å²) in [5.74, 6) is 0. The molecule has 0 radical (unpaired) electrons. The lowest BCUT2D eigenvalue weighted by Crippen LogP contribution is -2.25. The molecule has 21 heavy (non-hydrogen) atoms. The highest BCUT2D eigenvalue weighted by atomic mass is 16.3. The molecule has 1 aromatic carbocycles. The molecule has 0 saturated heterocycles. The Hall–Kier alpha value is -2.40. The van der Waals surface area contributed by atoms with Crippen LogP contribution in [0.1, 0.15) is 30.6 Å². The summed E-state index contributed by atoms with van der Waals surface area (Å²) in [6, 6.07) is 12.0. The molecule has 2 aromatic heterocycles. The first-order valence-electron chi connectivity index (χ1n) is 7.11.